The Morgan fingerprint density at radius 2 is 2.20 bits per heavy atom. The molecule has 0 bridgehead atoms. The second-order valence-electron chi connectivity index (χ2n) is 2.19. The molecule has 0 aromatic heterocycles. The Hall–Kier alpha value is -0.460. The molecular weight excluding hydrogens is 158 g/mol. The molecular formula is C4H9NO4S. The number of hydrogen-bond acceptors (Lipinski definition) is 3. The lowest BCUT2D eigenvalue weighted by Crippen LogP contribution is -2.49. The topological polar surface area (TPSA) is 101 Å². The van der Waals surface area contributed by atoms with Gasteiger partial charge in [0.1, 0.15) is 5.54 Å². The van der Waals surface area contributed by atoms with Crippen LogP contribution in [0.3, 0.4) is 0 Å². The van der Waals surface area contributed by atoms with E-state index in [0.29, 0.717) is 0 Å². The molecule has 0 aromatic rings. The summed E-state index contributed by atoms with van der Waals surface area (Å²) in [4.78, 5) is 10.2. The molecule has 0 spiro atoms. The molecule has 2 atom stereocenters. The molecule has 1 unspecified atom stereocenters. The average Bonchev–Trinajstić information content (AvgIpc) is 1.60. The van der Waals surface area contributed by atoms with Gasteiger partial charge in [-0.3, -0.25) is 4.79 Å². The van der Waals surface area contributed by atoms with E-state index in [2.05, 4.69) is 0 Å². The quantitative estimate of drug-likeness (QED) is 0.468. The van der Waals surface area contributed by atoms with Gasteiger partial charge in [-0.15, -0.1) is 0 Å². The van der Waals surface area contributed by atoms with Crippen molar-refractivity contribution in [1.82, 2.24) is 0 Å². The maximum atomic E-state index is 10.2. The molecule has 0 aliphatic carbocycles. The van der Waals surface area contributed by atoms with Gasteiger partial charge in [-0.2, -0.15) is 0 Å². The predicted molar refractivity (Wildman–Crippen MR) is 35.9 cm³/mol. The minimum absolute atomic E-state index is 0.456. The molecule has 0 amide bonds. The summed E-state index contributed by atoms with van der Waals surface area (Å²) >= 11 is -2.16. The Labute approximate surface area is 60.5 Å². The van der Waals surface area contributed by atoms with E-state index in [1.165, 1.54) is 6.92 Å². The number of hydrogen-bond donors (Lipinski definition) is 3. The molecule has 5 nitrogen and oxygen atoms in total. The summed E-state index contributed by atoms with van der Waals surface area (Å²) in [6.07, 6.45) is 0. The lowest BCUT2D eigenvalue weighted by molar-refractivity contribution is -0.141. The molecule has 0 saturated carbocycles. The fraction of sp³-hybridized carbons (Fsp3) is 0.750. The normalized spacial score (nSPS) is 19.5. The van der Waals surface area contributed by atoms with Crippen molar-refractivity contribution in [2.45, 2.75) is 12.5 Å². The van der Waals surface area contributed by atoms with E-state index in [1.54, 1.807) is 0 Å². The number of nitrogens with two attached hydrogens (primary N) is 1. The first-order chi connectivity index (χ1) is 4.36. The zero-order chi connectivity index (χ0) is 8.36. The molecule has 10 heavy (non-hydrogen) atoms. The number of aliphatic carboxylic acids is 1. The molecule has 0 rings (SSSR count). The molecule has 0 aliphatic rings. The third-order valence-corrected chi connectivity index (χ3v) is 1.76. The van der Waals surface area contributed by atoms with Crippen LogP contribution in [0, 0.1) is 0 Å². The van der Waals surface area contributed by atoms with Gasteiger partial charge in [0.25, 0.3) is 0 Å². The van der Waals surface area contributed by atoms with Crippen molar-refractivity contribution in [3.8, 4) is 0 Å². The van der Waals surface area contributed by atoms with Gasteiger partial charge in [0, 0.05) is 0 Å². The summed E-state index contributed by atoms with van der Waals surface area (Å²) in [5.74, 6) is -1.74. The van der Waals surface area contributed by atoms with E-state index in [1.807, 2.05) is 0 Å². The maximum absolute atomic E-state index is 10.2. The van der Waals surface area contributed by atoms with Gasteiger partial charge in [-0.1, -0.05) is 0 Å². The van der Waals surface area contributed by atoms with Crippen LogP contribution in [0.15, 0.2) is 0 Å². The van der Waals surface area contributed by atoms with Crippen LogP contribution in [0.2, 0.25) is 0 Å². The Bertz CT molecular complexity index is 167. The summed E-state index contributed by atoms with van der Waals surface area (Å²) in [7, 11) is 0. The Kier molecular flexibility index (Phi) is 2.95. The Morgan fingerprint density at radius 1 is 1.80 bits per heavy atom. The van der Waals surface area contributed by atoms with Crippen LogP contribution in [0.4, 0.5) is 0 Å². The summed E-state index contributed by atoms with van der Waals surface area (Å²) in [6.45, 7) is 1.18. The van der Waals surface area contributed by atoms with Crippen LogP contribution in [-0.4, -0.2) is 31.1 Å². The highest BCUT2D eigenvalue weighted by Crippen LogP contribution is 1.99. The minimum Gasteiger partial charge on any atom is -0.480 e. The average molecular weight is 167 g/mol. The zero-order valence-electron chi connectivity index (χ0n) is 5.40. The van der Waals surface area contributed by atoms with Gasteiger partial charge in [-0.05, 0) is 6.92 Å². The van der Waals surface area contributed by atoms with Crippen molar-refractivity contribution in [3.63, 3.8) is 0 Å². The van der Waals surface area contributed by atoms with Crippen molar-refractivity contribution in [3.05, 3.63) is 0 Å². The first-order valence-corrected chi connectivity index (χ1v) is 3.73. The van der Waals surface area contributed by atoms with E-state index in [9.17, 15) is 9.00 Å². The van der Waals surface area contributed by atoms with E-state index >= 15 is 0 Å². The zero-order valence-corrected chi connectivity index (χ0v) is 6.22. The second kappa shape index (κ2) is 3.09. The third kappa shape index (κ3) is 2.90. The number of carboxylic acid groups (broad SMARTS) is 1. The van der Waals surface area contributed by atoms with Gasteiger partial charge >= 0.3 is 5.97 Å². The molecule has 0 aromatic carbocycles. The van der Waals surface area contributed by atoms with E-state index in [-0.39, 0.29) is 0 Å². The van der Waals surface area contributed by atoms with Crippen molar-refractivity contribution < 1.29 is 18.7 Å². The molecule has 0 fully saturated rings. The minimum atomic E-state index is -2.16. The van der Waals surface area contributed by atoms with Gasteiger partial charge in [0.15, 0.2) is 11.1 Å². The van der Waals surface area contributed by atoms with Crippen LogP contribution in [-0.2, 0) is 15.9 Å². The number of rotatable bonds is 3. The van der Waals surface area contributed by atoms with E-state index in [4.69, 9.17) is 15.4 Å². The molecule has 60 valence electrons. The monoisotopic (exact) mass is 167 g/mol. The molecule has 6 heteroatoms. The summed E-state index contributed by atoms with van der Waals surface area (Å²) < 4.78 is 18.4. The first-order valence-electron chi connectivity index (χ1n) is 2.46. The van der Waals surface area contributed by atoms with Crippen LogP contribution in [0.5, 0.6) is 0 Å². The molecule has 0 radical (unpaired) electrons. The van der Waals surface area contributed by atoms with Crippen molar-refractivity contribution >= 4 is 17.0 Å². The van der Waals surface area contributed by atoms with Gasteiger partial charge < -0.3 is 15.4 Å². The fourth-order valence-electron chi connectivity index (χ4n) is 0.318. The highest BCUT2D eigenvalue weighted by Gasteiger charge is 2.29. The lowest BCUT2D eigenvalue weighted by Gasteiger charge is -2.15. The second-order valence-corrected chi connectivity index (χ2v) is 3.12. The first kappa shape index (κ1) is 9.54. The van der Waals surface area contributed by atoms with Crippen LogP contribution < -0.4 is 5.73 Å². The van der Waals surface area contributed by atoms with Crippen LogP contribution >= 0.6 is 0 Å². The molecule has 4 N–H and O–H groups in total. The smallest absolute Gasteiger partial charge is 0.324 e. The third-order valence-electron chi connectivity index (χ3n) is 0.912. The Morgan fingerprint density at radius 3 is 2.30 bits per heavy atom. The van der Waals surface area contributed by atoms with Crippen molar-refractivity contribution in [2.75, 3.05) is 5.75 Å². The highest BCUT2D eigenvalue weighted by molar-refractivity contribution is 7.79. The molecule has 0 saturated heterocycles. The highest BCUT2D eigenvalue weighted by atomic mass is 32.2. The number of carboxylic acids is 1. The Balaban J connectivity index is 4.13. The summed E-state index contributed by atoms with van der Waals surface area (Å²) in [5, 5.41) is 8.32. The lowest BCUT2D eigenvalue weighted by atomic mass is 10.1. The molecule has 0 heterocycles. The van der Waals surface area contributed by atoms with Crippen LogP contribution in [0.1, 0.15) is 6.92 Å². The summed E-state index contributed by atoms with van der Waals surface area (Å²) in [6, 6.07) is 0. The van der Waals surface area contributed by atoms with Gasteiger partial charge in [0.05, 0.1) is 5.75 Å². The van der Waals surface area contributed by atoms with E-state index < -0.39 is 28.3 Å². The predicted octanol–water partition coefficient (Wildman–Crippen LogP) is -0.990. The van der Waals surface area contributed by atoms with Gasteiger partial charge in [-0.25, -0.2) is 4.21 Å². The number of carbonyl (C=O) groups is 1. The summed E-state index contributed by atoms with van der Waals surface area (Å²) in [5.41, 5.74) is 3.50. The SMILES string of the molecule is C[C@@](N)(CS(=O)O)C(=O)O. The van der Waals surface area contributed by atoms with Crippen LogP contribution in [0.25, 0.3) is 0 Å². The maximum Gasteiger partial charge on any atom is 0.324 e. The fourth-order valence-corrected chi connectivity index (χ4v) is 0.955. The standard InChI is InChI=1S/C4H9NO4S/c1-4(5,3(6)7)2-10(8)9/h2,5H2,1H3,(H,6,7)(H,8,9)/t4-/m1/s1. The van der Waals surface area contributed by atoms with E-state index in [0.717, 1.165) is 0 Å². The molecule has 0 aliphatic heterocycles. The largest absolute Gasteiger partial charge is 0.480 e. The van der Waals surface area contributed by atoms with Crippen molar-refractivity contribution in [1.29, 1.82) is 0 Å². The van der Waals surface area contributed by atoms with Crippen molar-refractivity contribution in [2.24, 2.45) is 5.73 Å². The van der Waals surface area contributed by atoms with Gasteiger partial charge in [0.2, 0.25) is 0 Å².